The predicted molar refractivity (Wildman–Crippen MR) is 126 cm³/mol. The third-order valence-electron chi connectivity index (χ3n) is 8.12. The molecule has 0 spiro atoms. The fourth-order valence-corrected chi connectivity index (χ4v) is 5.92. The Labute approximate surface area is 190 Å². The lowest BCUT2D eigenvalue weighted by Gasteiger charge is -2.60. The standard InChI is InChI=1S/C20H30O5.C4H12NP/c1-12-4-7-16-19(2,9-8-17(23)20(16,3)11-21)14(12)6-5-13-15(22)10-25-18(13)24;1-3-5(6)4-2/h14,16-17,21-23H,1,4-11H2,2-3H3;3-4,6H2,1-2H3/t14-,16+,17-,19+,20+;/m1./s1. The van der Waals surface area contributed by atoms with Crippen molar-refractivity contribution in [3.8, 4) is 0 Å². The van der Waals surface area contributed by atoms with Crippen molar-refractivity contribution in [3.63, 3.8) is 0 Å². The SMILES string of the molecule is C=C1CC[C@@H]2[C@](C)(CO)[C@H](O)CC[C@@]2(C)[C@@H]1CCC1=C(O)COC1=O.CCN(P)CC. The smallest absolute Gasteiger partial charge is 0.337 e. The van der Waals surface area contributed by atoms with Gasteiger partial charge < -0.3 is 20.1 Å². The summed E-state index contributed by atoms with van der Waals surface area (Å²) in [6.07, 6.45) is 4.09. The van der Waals surface area contributed by atoms with E-state index < -0.39 is 17.5 Å². The van der Waals surface area contributed by atoms with E-state index in [1.54, 1.807) is 0 Å². The third-order valence-corrected chi connectivity index (χ3v) is 8.85. The minimum absolute atomic E-state index is 0.0194. The molecule has 6 nitrogen and oxygen atoms in total. The molecule has 0 radical (unpaired) electrons. The largest absolute Gasteiger partial charge is 0.508 e. The van der Waals surface area contributed by atoms with Crippen LogP contribution in [0.2, 0.25) is 0 Å². The fourth-order valence-electron chi connectivity index (χ4n) is 5.92. The number of ether oxygens (including phenoxy) is 1. The molecule has 7 heteroatoms. The van der Waals surface area contributed by atoms with Gasteiger partial charge in [-0.05, 0) is 68.9 Å². The normalized spacial score (nSPS) is 35.5. The van der Waals surface area contributed by atoms with Gasteiger partial charge in [0.05, 0.1) is 18.3 Å². The Morgan fingerprint density at radius 2 is 1.90 bits per heavy atom. The van der Waals surface area contributed by atoms with Gasteiger partial charge in [0, 0.05) is 5.41 Å². The molecule has 0 aromatic rings. The molecule has 0 saturated heterocycles. The number of nitrogens with zero attached hydrogens (tertiary/aromatic N) is 1. The summed E-state index contributed by atoms with van der Waals surface area (Å²) >= 11 is 0. The average Bonchev–Trinajstić information content (AvgIpc) is 3.08. The van der Waals surface area contributed by atoms with E-state index in [1.165, 1.54) is 5.57 Å². The maximum Gasteiger partial charge on any atom is 0.337 e. The highest BCUT2D eigenvalue weighted by molar-refractivity contribution is 7.13. The number of esters is 1. The number of allylic oxidation sites excluding steroid dienone is 1. The summed E-state index contributed by atoms with van der Waals surface area (Å²) in [6, 6.07) is 0. The van der Waals surface area contributed by atoms with Gasteiger partial charge in [-0.15, -0.1) is 0 Å². The summed E-state index contributed by atoms with van der Waals surface area (Å²) in [7, 11) is 2.64. The van der Waals surface area contributed by atoms with Gasteiger partial charge in [0.25, 0.3) is 0 Å². The summed E-state index contributed by atoms with van der Waals surface area (Å²) in [5, 5.41) is 30.4. The van der Waals surface area contributed by atoms with Crippen LogP contribution in [-0.4, -0.2) is 58.4 Å². The first-order valence-electron chi connectivity index (χ1n) is 11.6. The number of carbonyl (C=O) groups excluding carboxylic acids is 1. The highest BCUT2D eigenvalue weighted by Gasteiger charge is 2.57. The van der Waals surface area contributed by atoms with E-state index in [0.717, 1.165) is 38.8 Å². The van der Waals surface area contributed by atoms with Crippen LogP contribution in [-0.2, 0) is 9.53 Å². The topological polar surface area (TPSA) is 90.2 Å². The lowest BCUT2D eigenvalue weighted by atomic mass is 9.46. The number of aliphatic hydroxyl groups excluding tert-OH is 3. The maximum atomic E-state index is 11.8. The van der Waals surface area contributed by atoms with Crippen LogP contribution in [0.3, 0.4) is 0 Å². The van der Waals surface area contributed by atoms with Crippen molar-refractivity contribution >= 4 is 15.4 Å². The van der Waals surface area contributed by atoms with Crippen molar-refractivity contribution in [1.29, 1.82) is 0 Å². The molecule has 1 aliphatic heterocycles. The van der Waals surface area contributed by atoms with E-state index in [9.17, 15) is 20.1 Å². The van der Waals surface area contributed by atoms with Gasteiger partial charge in [0.1, 0.15) is 12.4 Å². The average molecular weight is 456 g/mol. The van der Waals surface area contributed by atoms with Crippen LogP contribution >= 0.6 is 9.39 Å². The molecule has 2 aliphatic carbocycles. The van der Waals surface area contributed by atoms with E-state index in [4.69, 9.17) is 4.74 Å². The van der Waals surface area contributed by atoms with Crippen molar-refractivity contribution in [2.75, 3.05) is 26.3 Å². The van der Waals surface area contributed by atoms with E-state index in [0.29, 0.717) is 18.4 Å². The number of fused-ring (bicyclic) bond motifs is 1. The number of hydrogen-bond acceptors (Lipinski definition) is 6. The Hall–Kier alpha value is -0.940. The lowest BCUT2D eigenvalue weighted by molar-refractivity contribution is -0.152. The van der Waals surface area contributed by atoms with Gasteiger partial charge in [0.15, 0.2) is 0 Å². The second-order valence-electron chi connectivity index (χ2n) is 9.79. The number of hydrogen-bond donors (Lipinski definition) is 3. The maximum absolute atomic E-state index is 11.8. The lowest BCUT2D eigenvalue weighted by Crippen LogP contribution is -2.57. The van der Waals surface area contributed by atoms with E-state index >= 15 is 0 Å². The fraction of sp³-hybridized carbons (Fsp3) is 0.792. The minimum atomic E-state index is -0.500. The zero-order valence-corrected chi connectivity index (χ0v) is 20.8. The number of carbonyl (C=O) groups is 1. The number of rotatable bonds is 6. The predicted octanol–water partition coefficient (Wildman–Crippen LogP) is 4.00. The van der Waals surface area contributed by atoms with Crippen LogP contribution in [0.15, 0.2) is 23.5 Å². The summed E-state index contributed by atoms with van der Waals surface area (Å²) in [6.45, 7) is 15.0. The van der Waals surface area contributed by atoms with Crippen LogP contribution < -0.4 is 0 Å². The quantitative estimate of drug-likeness (QED) is 0.319. The Bertz CT molecular complexity index is 691. The molecule has 1 unspecified atom stereocenters. The molecular weight excluding hydrogens is 413 g/mol. The summed E-state index contributed by atoms with van der Waals surface area (Å²) < 4.78 is 7.06. The molecule has 1 heterocycles. The zero-order chi connectivity index (χ0) is 23.4. The Morgan fingerprint density at radius 1 is 1.26 bits per heavy atom. The molecule has 0 aromatic heterocycles. The van der Waals surface area contributed by atoms with Gasteiger partial charge in [-0.2, -0.15) is 0 Å². The Morgan fingerprint density at radius 3 is 2.39 bits per heavy atom. The van der Waals surface area contributed by atoms with Crippen LogP contribution in [0.4, 0.5) is 0 Å². The van der Waals surface area contributed by atoms with Crippen LogP contribution in [0.1, 0.15) is 66.2 Å². The molecule has 3 N–H and O–H groups in total. The van der Waals surface area contributed by atoms with Crippen molar-refractivity contribution in [2.45, 2.75) is 72.3 Å². The molecule has 31 heavy (non-hydrogen) atoms. The Balaban J connectivity index is 0.000000501. The van der Waals surface area contributed by atoms with Crippen molar-refractivity contribution in [3.05, 3.63) is 23.5 Å². The molecular formula is C24H42NO5P. The van der Waals surface area contributed by atoms with Crippen LogP contribution in [0, 0.1) is 22.7 Å². The van der Waals surface area contributed by atoms with Gasteiger partial charge >= 0.3 is 5.97 Å². The third kappa shape index (κ3) is 5.35. The number of cyclic esters (lactones) is 1. The highest BCUT2D eigenvalue weighted by atomic mass is 31.0. The van der Waals surface area contributed by atoms with Crippen LogP contribution in [0.25, 0.3) is 0 Å². The summed E-state index contributed by atoms with van der Waals surface area (Å²) in [5.74, 6) is 0.0490. The van der Waals surface area contributed by atoms with Crippen molar-refractivity contribution < 1.29 is 24.9 Å². The van der Waals surface area contributed by atoms with Crippen LogP contribution in [0.5, 0.6) is 0 Å². The molecule has 3 aliphatic rings. The molecule has 0 aromatic carbocycles. The second kappa shape index (κ2) is 10.8. The second-order valence-corrected chi connectivity index (χ2v) is 10.5. The van der Waals surface area contributed by atoms with Gasteiger partial charge in [-0.3, -0.25) is 4.67 Å². The van der Waals surface area contributed by atoms with E-state index in [1.807, 2.05) is 6.92 Å². The molecule has 3 rings (SSSR count). The first kappa shape index (κ1) is 26.3. The monoisotopic (exact) mass is 455 g/mol. The molecule has 178 valence electrons. The first-order chi connectivity index (χ1) is 14.5. The van der Waals surface area contributed by atoms with Gasteiger partial charge in [-0.1, -0.05) is 49.2 Å². The van der Waals surface area contributed by atoms with Gasteiger partial charge in [0.2, 0.25) is 0 Å². The zero-order valence-electron chi connectivity index (χ0n) is 19.7. The highest BCUT2D eigenvalue weighted by Crippen LogP contribution is 2.61. The molecule has 2 saturated carbocycles. The summed E-state index contributed by atoms with van der Waals surface area (Å²) in [4.78, 5) is 11.8. The van der Waals surface area contributed by atoms with Crippen molar-refractivity contribution in [1.82, 2.24) is 4.67 Å². The molecule has 2 fully saturated rings. The first-order valence-corrected chi connectivity index (χ1v) is 12.1. The van der Waals surface area contributed by atoms with E-state index in [2.05, 4.69) is 41.4 Å². The Kier molecular flexibility index (Phi) is 9.15. The van der Waals surface area contributed by atoms with E-state index in [-0.39, 0.29) is 36.2 Å². The van der Waals surface area contributed by atoms with Crippen molar-refractivity contribution in [2.24, 2.45) is 22.7 Å². The minimum Gasteiger partial charge on any atom is -0.508 e. The molecule has 0 bridgehead atoms. The summed E-state index contributed by atoms with van der Waals surface area (Å²) in [5.41, 5.74) is 1.01. The number of aliphatic hydroxyl groups is 3. The van der Waals surface area contributed by atoms with Gasteiger partial charge in [-0.25, -0.2) is 4.79 Å². The molecule has 6 atom stereocenters. The molecule has 0 amide bonds.